The first-order valence-corrected chi connectivity index (χ1v) is 9.05. The Balaban J connectivity index is 1.78. The molecule has 3 rings (SSSR count). The van der Waals surface area contributed by atoms with Crippen molar-refractivity contribution in [3.63, 3.8) is 0 Å². The van der Waals surface area contributed by atoms with Crippen LogP contribution in [0.2, 0.25) is 0 Å². The molecule has 0 amide bonds. The highest BCUT2D eigenvalue weighted by atomic mass is 32.2. The van der Waals surface area contributed by atoms with Gasteiger partial charge in [-0.05, 0) is 43.4 Å². The monoisotopic (exact) mass is 338 g/mol. The van der Waals surface area contributed by atoms with E-state index in [1.54, 1.807) is 11.8 Å². The van der Waals surface area contributed by atoms with Crippen molar-refractivity contribution in [1.82, 2.24) is 4.90 Å². The normalized spacial score (nSPS) is 15.1. The first-order chi connectivity index (χ1) is 11.7. The maximum absolute atomic E-state index is 12.5. The van der Waals surface area contributed by atoms with Crippen LogP contribution in [0.5, 0.6) is 0 Å². The molecular weight excluding hydrogens is 316 g/mol. The van der Waals surface area contributed by atoms with E-state index in [2.05, 4.69) is 36.3 Å². The van der Waals surface area contributed by atoms with E-state index in [1.165, 1.54) is 0 Å². The number of benzene rings is 2. The van der Waals surface area contributed by atoms with Crippen LogP contribution >= 0.6 is 11.8 Å². The summed E-state index contributed by atoms with van der Waals surface area (Å²) in [5.41, 5.74) is 2.93. The van der Waals surface area contributed by atoms with Gasteiger partial charge in [0.05, 0.1) is 4.91 Å². The van der Waals surface area contributed by atoms with Gasteiger partial charge in [0.2, 0.25) is 5.78 Å². The molecule has 1 heterocycles. The predicted molar refractivity (Wildman–Crippen MR) is 103 cm³/mol. The quantitative estimate of drug-likeness (QED) is 0.792. The Bertz CT molecular complexity index is 770. The molecule has 1 aliphatic rings. The van der Waals surface area contributed by atoms with E-state index in [0.29, 0.717) is 0 Å². The molecule has 0 radical (unpaired) electrons. The van der Waals surface area contributed by atoms with E-state index < -0.39 is 0 Å². The lowest BCUT2D eigenvalue weighted by molar-refractivity contribution is 0.104. The molecule has 0 saturated carbocycles. The number of nitrogens with zero attached hydrogens (tertiary/aromatic N) is 1. The van der Waals surface area contributed by atoms with Crippen LogP contribution in [0, 0.1) is 0 Å². The molecule has 3 nitrogen and oxygen atoms in total. The van der Waals surface area contributed by atoms with Crippen LogP contribution in [0.15, 0.2) is 58.3 Å². The van der Waals surface area contributed by atoms with Crippen molar-refractivity contribution in [2.24, 2.45) is 0 Å². The molecule has 24 heavy (non-hydrogen) atoms. The molecule has 0 aromatic heterocycles. The van der Waals surface area contributed by atoms with Gasteiger partial charge in [0.1, 0.15) is 0 Å². The molecule has 0 atom stereocenters. The molecule has 4 heteroatoms. The van der Waals surface area contributed by atoms with Crippen LogP contribution in [-0.4, -0.2) is 37.4 Å². The molecule has 2 aromatic carbocycles. The van der Waals surface area contributed by atoms with Crippen molar-refractivity contribution in [3.8, 4) is 0 Å². The lowest BCUT2D eigenvalue weighted by Gasteiger charge is -2.15. The van der Waals surface area contributed by atoms with Gasteiger partial charge in [-0.25, -0.2) is 0 Å². The minimum atomic E-state index is 0.121. The van der Waals surface area contributed by atoms with Gasteiger partial charge in [-0.15, -0.1) is 0 Å². The topological polar surface area (TPSA) is 32.3 Å². The lowest BCUT2D eigenvalue weighted by Crippen LogP contribution is -2.24. The lowest BCUT2D eigenvalue weighted by atomic mass is 10.1. The first kappa shape index (κ1) is 16.8. The summed E-state index contributed by atoms with van der Waals surface area (Å²) in [6.07, 6.45) is 2.00. The number of nitrogens with one attached hydrogen (secondary N) is 1. The smallest absolute Gasteiger partial charge is 0.200 e. The first-order valence-electron chi connectivity index (χ1n) is 8.23. The Morgan fingerprint density at radius 2 is 1.88 bits per heavy atom. The maximum Gasteiger partial charge on any atom is 0.200 e. The fraction of sp³-hybridized carbons (Fsp3) is 0.250. The second-order valence-electron chi connectivity index (χ2n) is 5.85. The molecule has 0 bridgehead atoms. The predicted octanol–water partition coefficient (Wildman–Crippen LogP) is 4.38. The summed E-state index contributed by atoms with van der Waals surface area (Å²) in [5, 5.41) is 3.48. The number of anilines is 1. The van der Waals surface area contributed by atoms with Crippen molar-refractivity contribution in [2.45, 2.75) is 11.8 Å². The van der Waals surface area contributed by atoms with E-state index in [0.717, 1.165) is 46.2 Å². The largest absolute Gasteiger partial charge is 0.383 e. The van der Waals surface area contributed by atoms with E-state index in [-0.39, 0.29) is 5.78 Å². The number of para-hydroxylation sites is 1. The van der Waals surface area contributed by atoms with Crippen molar-refractivity contribution >= 4 is 29.3 Å². The second kappa shape index (κ2) is 7.69. The molecule has 0 aliphatic carbocycles. The zero-order chi connectivity index (χ0) is 16.9. The van der Waals surface area contributed by atoms with Crippen LogP contribution in [0.1, 0.15) is 22.8 Å². The van der Waals surface area contributed by atoms with Gasteiger partial charge in [0.25, 0.3) is 0 Å². The number of allylic oxidation sites excluding steroid dienone is 1. The van der Waals surface area contributed by atoms with Crippen LogP contribution in [-0.2, 0) is 0 Å². The standard InChI is InChI=1S/C20H22N2OS/c1-3-22(2)13-12-21-17-10-6-4-8-15(17)14-19-20(23)16-9-5-7-11-18(16)24-19/h4-11,14,21H,3,12-13H2,1-2H3. The number of thioether (sulfide) groups is 1. The summed E-state index contributed by atoms with van der Waals surface area (Å²) in [4.78, 5) is 16.6. The number of fused-ring (bicyclic) bond motifs is 1. The molecule has 0 fully saturated rings. The Hall–Kier alpha value is -2.04. The third-order valence-corrected chi connectivity index (χ3v) is 5.27. The van der Waals surface area contributed by atoms with Crippen LogP contribution in [0.25, 0.3) is 6.08 Å². The molecule has 0 unspecified atom stereocenters. The molecule has 2 aromatic rings. The molecule has 0 spiro atoms. The Morgan fingerprint density at radius 3 is 2.67 bits per heavy atom. The number of carbonyl (C=O) groups is 1. The van der Waals surface area contributed by atoms with Gasteiger partial charge in [0, 0.05) is 29.2 Å². The van der Waals surface area contributed by atoms with Crippen molar-refractivity contribution in [1.29, 1.82) is 0 Å². The van der Waals surface area contributed by atoms with Gasteiger partial charge in [-0.3, -0.25) is 4.79 Å². The van der Waals surface area contributed by atoms with Gasteiger partial charge in [-0.1, -0.05) is 49.0 Å². The fourth-order valence-electron chi connectivity index (χ4n) is 2.60. The highest BCUT2D eigenvalue weighted by molar-refractivity contribution is 8.04. The zero-order valence-corrected chi connectivity index (χ0v) is 14.9. The third-order valence-electron chi connectivity index (χ3n) is 4.17. The summed E-state index contributed by atoms with van der Waals surface area (Å²) in [6.45, 7) is 5.06. The minimum absolute atomic E-state index is 0.121. The Morgan fingerprint density at radius 1 is 1.12 bits per heavy atom. The van der Waals surface area contributed by atoms with Crippen LogP contribution in [0.3, 0.4) is 0 Å². The van der Waals surface area contributed by atoms with E-state index in [9.17, 15) is 4.79 Å². The molecular formula is C20H22N2OS. The Kier molecular flexibility index (Phi) is 5.38. The average molecular weight is 338 g/mol. The van der Waals surface area contributed by atoms with Gasteiger partial charge in [-0.2, -0.15) is 0 Å². The SMILES string of the molecule is CCN(C)CCNc1ccccc1C=C1Sc2ccccc2C1=O. The molecule has 124 valence electrons. The van der Waals surface area contributed by atoms with Crippen molar-refractivity contribution in [3.05, 3.63) is 64.6 Å². The van der Waals surface area contributed by atoms with Gasteiger partial charge in [0.15, 0.2) is 0 Å². The van der Waals surface area contributed by atoms with Crippen LogP contribution in [0.4, 0.5) is 5.69 Å². The molecule has 0 saturated heterocycles. The highest BCUT2D eigenvalue weighted by Crippen LogP contribution is 2.41. The third kappa shape index (κ3) is 3.71. The van der Waals surface area contributed by atoms with E-state index in [4.69, 9.17) is 0 Å². The number of ketones is 1. The average Bonchev–Trinajstić information content (AvgIpc) is 2.92. The number of Topliss-reactive ketones (excluding diaryl/α,β-unsaturated/α-hetero) is 1. The van der Waals surface area contributed by atoms with Crippen molar-refractivity contribution < 1.29 is 4.79 Å². The van der Waals surface area contributed by atoms with Crippen molar-refractivity contribution in [2.75, 3.05) is 32.0 Å². The number of likely N-dealkylation sites (N-methyl/N-ethyl adjacent to an activating group) is 1. The van der Waals surface area contributed by atoms with E-state index >= 15 is 0 Å². The molecule has 1 aliphatic heterocycles. The number of carbonyl (C=O) groups excluding carboxylic acids is 1. The number of hydrogen-bond acceptors (Lipinski definition) is 4. The summed E-state index contributed by atoms with van der Waals surface area (Å²) in [5.74, 6) is 0.121. The van der Waals surface area contributed by atoms with Crippen LogP contribution < -0.4 is 5.32 Å². The summed E-state index contributed by atoms with van der Waals surface area (Å²) in [6, 6.07) is 15.9. The summed E-state index contributed by atoms with van der Waals surface area (Å²) in [7, 11) is 2.11. The second-order valence-corrected chi connectivity index (χ2v) is 6.93. The van der Waals surface area contributed by atoms with Gasteiger partial charge >= 0.3 is 0 Å². The van der Waals surface area contributed by atoms with Gasteiger partial charge < -0.3 is 10.2 Å². The number of rotatable bonds is 6. The zero-order valence-electron chi connectivity index (χ0n) is 14.1. The Labute approximate surface area is 147 Å². The summed E-state index contributed by atoms with van der Waals surface area (Å²) >= 11 is 1.56. The number of hydrogen-bond donors (Lipinski definition) is 1. The van der Waals surface area contributed by atoms with E-state index in [1.807, 2.05) is 42.5 Å². The minimum Gasteiger partial charge on any atom is -0.383 e. The maximum atomic E-state index is 12.5. The fourth-order valence-corrected chi connectivity index (χ4v) is 3.64. The highest BCUT2D eigenvalue weighted by Gasteiger charge is 2.25. The molecule has 1 N–H and O–H groups in total. The summed E-state index contributed by atoms with van der Waals surface area (Å²) < 4.78 is 0.